The Morgan fingerprint density at radius 2 is 2.00 bits per heavy atom. The minimum atomic E-state index is -0.259. The van der Waals surface area contributed by atoms with Crippen LogP contribution < -0.4 is 5.32 Å². The van der Waals surface area contributed by atoms with E-state index in [2.05, 4.69) is 5.32 Å². The largest absolute Gasteiger partial charge is 0.325 e. The number of benzene rings is 1. The van der Waals surface area contributed by atoms with Crippen LogP contribution in [0.15, 0.2) is 36.0 Å². The highest BCUT2D eigenvalue weighted by molar-refractivity contribution is 6.07. The highest BCUT2D eigenvalue weighted by Gasteiger charge is 2.40. The van der Waals surface area contributed by atoms with Crippen LogP contribution in [0.3, 0.4) is 0 Å². The Morgan fingerprint density at radius 1 is 1.22 bits per heavy atom. The van der Waals surface area contributed by atoms with Crippen molar-refractivity contribution in [2.45, 2.75) is 18.9 Å². The standard InChI is InChI=1S/C14H14N2O2/c17-13-12-7-4-8-16(12)14(18)11(15-13)9-10-5-2-1-3-6-10/h1-3,5-6,9,12H,4,7-8H2,(H,15,17)/b11-9+/t12-/m1/s1. The molecule has 0 saturated carbocycles. The Kier molecular flexibility index (Phi) is 2.63. The number of nitrogens with zero attached hydrogens (tertiary/aromatic N) is 1. The molecule has 1 aromatic carbocycles. The molecule has 0 aliphatic carbocycles. The van der Waals surface area contributed by atoms with Gasteiger partial charge in [0.2, 0.25) is 5.91 Å². The molecule has 0 radical (unpaired) electrons. The molecule has 2 aliphatic heterocycles. The predicted octanol–water partition coefficient (Wildman–Crippen LogP) is 1.15. The van der Waals surface area contributed by atoms with Crippen LogP contribution in [0.1, 0.15) is 18.4 Å². The van der Waals surface area contributed by atoms with Gasteiger partial charge in [-0.3, -0.25) is 9.59 Å². The summed E-state index contributed by atoms with van der Waals surface area (Å²) in [6, 6.07) is 9.27. The quantitative estimate of drug-likeness (QED) is 0.751. The van der Waals surface area contributed by atoms with Gasteiger partial charge < -0.3 is 10.2 Å². The van der Waals surface area contributed by atoms with Crippen LogP contribution in [-0.4, -0.2) is 29.3 Å². The number of nitrogens with one attached hydrogen (secondary N) is 1. The number of amides is 2. The second-order valence-electron chi connectivity index (χ2n) is 4.61. The van der Waals surface area contributed by atoms with Crippen molar-refractivity contribution in [2.24, 2.45) is 0 Å². The summed E-state index contributed by atoms with van der Waals surface area (Å²) in [6.07, 6.45) is 3.41. The summed E-state index contributed by atoms with van der Waals surface area (Å²) in [7, 11) is 0. The smallest absolute Gasteiger partial charge is 0.271 e. The fourth-order valence-electron chi connectivity index (χ4n) is 2.52. The third-order valence-electron chi connectivity index (χ3n) is 3.42. The van der Waals surface area contributed by atoms with Gasteiger partial charge in [-0.15, -0.1) is 0 Å². The molecule has 4 nitrogen and oxygen atoms in total. The minimum absolute atomic E-state index is 0.0609. The van der Waals surface area contributed by atoms with Crippen molar-refractivity contribution in [3.05, 3.63) is 41.6 Å². The molecule has 1 atom stereocenters. The molecule has 2 heterocycles. The van der Waals surface area contributed by atoms with E-state index in [-0.39, 0.29) is 17.9 Å². The van der Waals surface area contributed by atoms with Gasteiger partial charge >= 0.3 is 0 Å². The Hall–Kier alpha value is -2.10. The summed E-state index contributed by atoms with van der Waals surface area (Å²) < 4.78 is 0. The maximum atomic E-state index is 12.2. The summed E-state index contributed by atoms with van der Waals surface area (Å²) in [5, 5.41) is 2.72. The lowest BCUT2D eigenvalue weighted by Gasteiger charge is -2.30. The molecule has 0 bridgehead atoms. The summed E-state index contributed by atoms with van der Waals surface area (Å²) in [5.74, 6) is -0.129. The van der Waals surface area contributed by atoms with Gasteiger partial charge in [0.1, 0.15) is 11.7 Å². The molecule has 2 saturated heterocycles. The first-order valence-electron chi connectivity index (χ1n) is 6.14. The second-order valence-corrected chi connectivity index (χ2v) is 4.61. The average molecular weight is 242 g/mol. The molecule has 2 fully saturated rings. The van der Waals surface area contributed by atoms with Crippen molar-refractivity contribution in [2.75, 3.05) is 6.54 Å². The molecular formula is C14H14N2O2. The fraction of sp³-hybridized carbons (Fsp3) is 0.286. The van der Waals surface area contributed by atoms with Crippen molar-refractivity contribution in [3.8, 4) is 0 Å². The predicted molar refractivity (Wildman–Crippen MR) is 67.3 cm³/mol. The molecule has 18 heavy (non-hydrogen) atoms. The summed E-state index contributed by atoms with van der Waals surface area (Å²) >= 11 is 0. The van der Waals surface area contributed by atoms with Gasteiger partial charge in [-0.25, -0.2) is 0 Å². The first kappa shape index (κ1) is 11.0. The molecule has 1 aromatic rings. The van der Waals surface area contributed by atoms with Gasteiger partial charge in [0, 0.05) is 6.54 Å². The van der Waals surface area contributed by atoms with Crippen LogP contribution in [0.5, 0.6) is 0 Å². The average Bonchev–Trinajstić information content (AvgIpc) is 2.87. The van der Waals surface area contributed by atoms with Gasteiger partial charge in [-0.2, -0.15) is 0 Å². The zero-order chi connectivity index (χ0) is 12.5. The van der Waals surface area contributed by atoms with Crippen molar-refractivity contribution in [3.63, 3.8) is 0 Å². The Labute approximate surface area is 105 Å². The van der Waals surface area contributed by atoms with Gasteiger partial charge in [-0.1, -0.05) is 30.3 Å². The second kappa shape index (κ2) is 4.29. The van der Waals surface area contributed by atoms with E-state index in [0.717, 1.165) is 18.4 Å². The molecule has 0 spiro atoms. The topological polar surface area (TPSA) is 49.4 Å². The van der Waals surface area contributed by atoms with E-state index in [1.165, 1.54) is 0 Å². The minimum Gasteiger partial charge on any atom is -0.325 e. The molecule has 0 aromatic heterocycles. The van der Waals surface area contributed by atoms with Crippen LogP contribution in [0.25, 0.3) is 6.08 Å². The van der Waals surface area contributed by atoms with Crippen LogP contribution in [0, 0.1) is 0 Å². The molecule has 3 rings (SSSR count). The number of rotatable bonds is 1. The normalized spacial score (nSPS) is 25.2. The number of carbonyl (C=O) groups excluding carboxylic acids is 2. The van der Waals surface area contributed by atoms with Crippen LogP contribution in [0.4, 0.5) is 0 Å². The third-order valence-corrected chi connectivity index (χ3v) is 3.42. The van der Waals surface area contributed by atoms with Gasteiger partial charge in [0.15, 0.2) is 0 Å². The zero-order valence-electron chi connectivity index (χ0n) is 9.93. The summed E-state index contributed by atoms with van der Waals surface area (Å²) in [5.41, 5.74) is 1.29. The number of piperazine rings is 1. The Bertz CT molecular complexity index is 522. The molecule has 92 valence electrons. The van der Waals surface area contributed by atoms with Crippen molar-refractivity contribution in [1.29, 1.82) is 0 Å². The molecule has 4 heteroatoms. The molecule has 0 unspecified atom stereocenters. The zero-order valence-corrected chi connectivity index (χ0v) is 9.93. The van der Waals surface area contributed by atoms with E-state index >= 15 is 0 Å². The lowest BCUT2D eigenvalue weighted by molar-refractivity contribution is -0.140. The lowest BCUT2D eigenvalue weighted by Crippen LogP contribution is -2.53. The van der Waals surface area contributed by atoms with E-state index in [0.29, 0.717) is 12.2 Å². The highest BCUT2D eigenvalue weighted by Crippen LogP contribution is 2.24. The van der Waals surface area contributed by atoms with Crippen molar-refractivity contribution in [1.82, 2.24) is 10.2 Å². The van der Waals surface area contributed by atoms with Gasteiger partial charge in [0.25, 0.3) is 5.91 Å². The van der Waals surface area contributed by atoms with Crippen LogP contribution in [-0.2, 0) is 9.59 Å². The maximum absolute atomic E-state index is 12.2. The Morgan fingerprint density at radius 3 is 2.78 bits per heavy atom. The number of hydrogen-bond acceptors (Lipinski definition) is 2. The van der Waals surface area contributed by atoms with E-state index in [1.807, 2.05) is 30.3 Å². The monoisotopic (exact) mass is 242 g/mol. The highest BCUT2D eigenvalue weighted by atomic mass is 16.2. The van der Waals surface area contributed by atoms with Crippen molar-refractivity contribution >= 4 is 17.9 Å². The fourth-order valence-corrected chi connectivity index (χ4v) is 2.52. The van der Waals surface area contributed by atoms with E-state index in [1.54, 1.807) is 11.0 Å². The van der Waals surface area contributed by atoms with Crippen LogP contribution in [0.2, 0.25) is 0 Å². The molecule has 2 amide bonds. The third kappa shape index (κ3) is 1.79. The first-order chi connectivity index (χ1) is 8.75. The van der Waals surface area contributed by atoms with Gasteiger partial charge in [0.05, 0.1) is 0 Å². The first-order valence-corrected chi connectivity index (χ1v) is 6.14. The summed E-state index contributed by atoms with van der Waals surface area (Å²) in [4.78, 5) is 25.8. The van der Waals surface area contributed by atoms with Gasteiger partial charge in [-0.05, 0) is 24.5 Å². The maximum Gasteiger partial charge on any atom is 0.271 e. The van der Waals surface area contributed by atoms with E-state index in [9.17, 15) is 9.59 Å². The lowest BCUT2D eigenvalue weighted by atomic mass is 10.1. The number of carbonyl (C=O) groups is 2. The van der Waals surface area contributed by atoms with E-state index < -0.39 is 0 Å². The van der Waals surface area contributed by atoms with Crippen molar-refractivity contribution < 1.29 is 9.59 Å². The van der Waals surface area contributed by atoms with E-state index in [4.69, 9.17) is 0 Å². The van der Waals surface area contributed by atoms with Crippen LogP contribution >= 0.6 is 0 Å². The molecule has 2 aliphatic rings. The molecule has 1 N–H and O–H groups in total. The molecular weight excluding hydrogens is 228 g/mol. The summed E-state index contributed by atoms with van der Waals surface area (Å²) in [6.45, 7) is 0.684. The number of hydrogen-bond donors (Lipinski definition) is 1. The Balaban J connectivity index is 1.91. The SMILES string of the molecule is O=C1N/C(=C/c2ccccc2)C(=O)N2CCC[C@H]12. The number of fused-ring (bicyclic) bond motifs is 1.